The van der Waals surface area contributed by atoms with Gasteiger partial charge in [0, 0.05) is 11.8 Å². The lowest BCUT2D eigenvalue weighted by Gasteiger charge is -2.19. The van der Waals surface area contributed by atoms with E-state index in [0.717, 1.165) is 11.3 Å². The van der Waals surface area contributed by atoms with Gasteiger partial charge in [-0.3, -0.25) is 9.67 Å². The predicted molar refractivity (Wildman–Crippen MR) is 87.2 cm³/mol. The largest absolute Gasteiger partial charge is 0.477 e. The zero-order chi connectivity index (χ0) is 16.3. The maximum Gasteiger partial charge on any atom is 0.234 e. The van der Waals surface area contributed by atoms with Crippen LogP contribution in [0.1, 0.15) is 51.9 Å². The molecule has 0 amide bonds. The Morgan fingerprint density at radius 1 is 1.32 bits per heavy atom. The van der Waals surface area contributed by atoms with E-state index < -0.39 is 0 Å². The molecule has 2 aromatic heterocycles. The molecule has 0 aliphatic rings. The Morgan fingerprint density at radius 2 is 2.05 bits per heavy atom. The minimum Gasteiger partial charge on any atom is -0.477 e. The first kappa shape index (κ1) is 16.3. The topological polar surface area (TPSA) is 64.9 Å². The quantitative estimate of drug-likeness (QED) is 0.918. The van der Waals surface area contributed by atoms with Gasteiger partial charge in [0.1, 0.15) is 5.82 Å². The minimum atomic E-state index is -0.0303. The zero-order valence-corrected chi connectivity index (χ0v) is 14.2. The third-order valence-electron chi connectivity index (χ3n) is 3.36. The average Bonchev–Trinajstić information content (AvgIpc) is 2.82. The number of nitrogens with one attached hydrogen (secondary N) is 1. The predicted octanol–water partition coefficient (Wildman–Crippen LogP) is 3.31. The van der Waals surface area contributed by atoms with E-state index in [0.29, 0.717) is 18.3 Å². The van der Waals surface area contributed by atoms with Gasteiger partial charge in [-0.05, 0) is 41.5 Å². The zero-order valence-electron chi connectivity index (χ0n) is 14.2. The van der Waals surface area contributed by atoms with Crippen molar-refractivity contribution >= 4 is 5.82 Å². The van der Waals surface area contributed by atoms with E-state index in [1.807, 2.05) is 18.5 Å². The van der Waals surface area contributed by atoms with E-state index in [-0.39, 0.29) is 11.6 Å². The standard InChI is InChI=1S/C16H25N5O/c1-7-22-15-9-17-8-14(19-15)18-11(2)13-10-21(16(4,5)6)20-12(13)3/h8-11H,7H2,1-6H3,(H,18,19). The number of hydrogen-bond acceptors (Lipinski definition) is 5. The highest BCUT2D eigenvalue weighted by atomic mass is 16.5. The molecule has 0 bridgehead atoms. The first-order chi connectivity index (χ1) is 10.3. The Labute approximate surface area is 131 Å². The molecule has 22 heavy (non-hydrogen) atoms. The molecule has 1 unspecified atom stereocenters. The summed E-state index contributed by atoms with van der Waals surface area (Å²) in [6.07, 6.45) is 5.40. The summed E-state index contributed by atoms with van der Waals surface area (Å²) in [5, 5.41) is 7.96. The normalized spacial score (nSPS) is 13.0. The SMILES string of the molecule is CCOc1cncc(NC(C)c2cn(C(C)(C)C)nc2C)n1. The first-order valence-electron chi connectivity index (χ1n) is 7.59. The molecule has 6 heteroatoms. The molecule has 0 aliphatic heterocycles. The summed E-state index contributed by atoms with van der Waals surface area (Å²) in [4.78, 5) is 8.54. The van der Waals surface area contributed by atoms with Crippen LogP contribution >= 0.6 is 0 Å². The second-order valence-corrected chi connectivity index (χ2v) is 6.33. The van der Waals surface area contributed by atoms with Gasteiger partial charge in [0.2, 0.25) is 5.88 Å². The van der Waals surface area contributed by atoms with Crippen LogP contribution in [-0.4, -0.2) is 26.4 Å². The van der Waals surface area contributed by atoms with Gasteiger partial charge in [-0.25, -0.2) is 0 Å². The van der Waals surface area contributed by atoms with Gasteiger partial charge in [0.15, 0.2) is 0 Å². The number of ether oxygens (including phenoxy) is 1. The maximum absolute atomic E-state index is 5.38. The van der Waals surface area contributed by atoms with Crippen molar-refractivity contribution in [1.82, 2.24) is 19.7 Å². The molecule has 6 nitrogen and oxygen atoms in total. The van der Waals surface area contributed by atoms with Crippen molar-refractivity contribution in [2.24, 2.45) is 0 Å². The van der Waals surface area contributed by atoms with Crippen molar-refractivity contribution in [2.75, 3.05) is 11.9 Å². The fourth-order valence-electron chi connectivity index (χ4n) is 2.18. The molecule has 2 aromatic rings. The highest BCUT2D eigenvalue weighted by molar-refractivity contribution is 5.38. The van der Waals surface area contributed by atoms with E-state index >= 15 is 0 Å². The Bertz CT molecular complexity index is 630. The summed E-state index contributed by atoms with van der Waals surface area (Å²) in [7, 11) is 0. The van der Waals surface area contributed by atoms with Crippen LogP contribution in [0.5, 0.6) is 5.88 Å². The molecular weight excluding hydrogens is 278 g/mol. The lowest BCUT2D eigenvalue weighted by Crippen LogP contribution is -2.22. The van der Waals surface area contributed by atoms with E-state index in [9.17, 15) is 0 Å². The van der Waals surface area contributed by atoms with Gasteiger partial charge in [-0.2, -0.15) is 10.1 Å². The van der Waals surface area contributed by atoms with Crippen LogP contribution in [0.15, 0.2) is 18.6 Å². The number of anilines is 1. The van der Waals surface area contributed by atoms with Gasteiger partial charge in [0.05, 0.1) is 36.3 Å². The van der Waals surface area contributed by atoms with Crippen molar-refractivity contribution < 1.29 is 4.74 Å². The van der Waals surface area contributed by atoms with Crippen LogP contribution < -0.4 is 10.1 Å². The highest BCUT2D eigenvalue weighted by Crippen LogP contribution is 2.24. The number of rotatable bonds is 5. The van der Waals surface area contributed by atoms with Gasteiger partial charge in [-0.15, -0.1) is 0 Å². The van der Waals surface area contributed by atoms with Crippen LogP contribution in [0.4, 0.5) is 5.82 Å². The van der Waals surface area contributed by atoms with E-state index in [1.54, 1.807) is 12.4 Å². The van der Waals surface area contributed by atoms with Crippen molar-refractivity contribution in [1.29, 1.82) is 0 Å². The number of aryl methyl sites for hydroxylation is 1. The molecule has 120 valence electrons. The number of nitrogens with zero attached hydrogens (tertiary/aromatic N) is 4. The molecule has 0 aliphatic carbocycles. The Morgan fingerprint density at radius 3 is 2.64 bits per heavy atom. The molecule has 2 rings (SSSR count). The van der Waals surface area contributed by atoms with Crippen LogP contribution in [0.3, 0.4) is 0 Å². The van der Waals surface area contributed by atoms with Gasteiger partial charge >= 0.3 is 0 Å². The van der Waals surface area contributed by atoms with Gasteiger partial charge in [0.25, 0.3) is 0 Å². The summed E-state index contributed by atoms with van der Waals surface area (Å²) in [6, 6.07) is 0.0854. The van der Waals surface area contributed by atoms with Crippen LogP contribution in [0.25, 0.3) is 0 Å². The lowest BCUT2D eigenvalue weighted by atomic mass is 10.1. The molecule has 0 radical (unpaired) electrons. The van der Waals surface area contributed by atoms with Crippen molar-refractivity contribution in [3.8, 4) is 5.88 Å². The Balaban J connectivity index is 2.17. The third kappa shape index (κ3) is 3.75. The molecule has 1 N–H and O–H groups in total. The Hall–Kier alpha value is -2.11. The molecule has 0 fully saturated rings. The first-order valence-corrected chi connectivity index (χ1v) is 7.59. The lowest BCUT2D eigenvalue weighted by molar-refractivity contribution is 0.325. The van der Waals surface area contributed by atoms with Crippen LogP contribution in [0.2, 0.25) is 0 Å². The smallest absolute Gasteiger partial charge is 0.234 e. The summed E-state index contributed by atoms with van der Waals surface area (Å²) >= 11 is 0. The van der Waals surface area contributed by atoms with Gasteiger partial charge < -0.3 is 10.1 Å². The second kappa shape index (κ2) is 6.34. The molecular formula is C16H25N5O. The average molecular weight is 303 g/mol. The van der Waals surface area contributed by atoms with Gasteiger partial charge in [-0.1, -0.05) is 0 Å². The fraction of sp³-hybridized carbons (Fsp3) is 0.562. The number of aromatic nitrogens is 4. The summed E-state index contributed by atoms with van der Waals surface area (Å²) in [5.41, 5.74) is 2.14. The summed E-state index contributed by atoms with van der Waals surface area (Å²) < 4.78 is 7.37. The fourth-order valence-corrected chi connectivity index (χ4v) is 2.18. The van der Waals surface area contributed by atoms with Crippen LogP contribution in [-0.2, 0) is 5.54 Å². The summed E-state index contributed by atoms with van der Waals surface area (Å²) in [6.45, 7) is 13.0. The highest BCUT2D eigenvalue weighted by Gasteiger charge is 2.19. The van der Waals surface area contributed by atoms with Crippen LogP contribution in [0, 0.1) is 6.92 Å². The molecule has 0 spiro atoms. The molecule has 2 heterocycles. The van der Waals surface area contributed by atoms with Crippen molar-refractivity contribution in [2.45, 2.75) is 53.1 Å². The maximum atomic E-state index is 5.38. The number of hydrogen-bond donors (Lipinski definition) is 1. The molecule has 1 atom stereocenters. The van der Waals surface area contributed by atoms with E-state index in [2.05, 4.69) is 54.3 Å². The third-order valence-corrected chi connectivity index (χ3v) is 3.36. The van der Waals surface area contributed by atoms with Crippen molar-refractivity contribution in [3.05, 3.63) is 29.8 Å². The minimum absolute atomic E-state index is 0.0303. The monoisotopic (exact) mass is 303 g/mol. The molecule has 0 saturated carbocycles. The summed E-state index contributed by atoms with van der Waals surface area (Å²) in [5.74, 6) is 1.23. The van der Waals surface area contributed by atoms with E-state index in [1.165, 1.54) is 0 Å². The second-order valence-electron chi connectivity index (χ2n) is 6.33. The molecule has 0 saturated heterocycles. The molecule has 0 aromatic carbocycles. The Kier molecular flexibility index (Phi) is 4.68. The van der Waals surface area contributed by atoms with E-state index in [4.69, 9.17) is 4.74 Å². The van der Waals surface area contributed by atoms with Crippen molar-refractivity contribution in [3.63, 3.8) is 0 Å².